The molecule has 1 atom stereocenters. The smallest absolute Gasteiger partial charge is 0.119 e. The van der Waals surface area contributed by atoms with Gasteiger partial charge in [0.1, 0.15) is 12.4 Å². The first-order valence-electron chi connectivity index (χ1n) is 9.29. The minimum absolute atomic E-state index is 0.0645. The minimum atomic E-state index is 0.0645. The molecule has 0 saturated heterocycles. The zero-order chi connectivity index (χ0) is 18.5. The minimum Gasteiger partial charge on any atom is -0.492 e. The lowest BCUT2D eigenvalue weighted by Crippen LogP contribution is -2.31. The van der Waals surface area contributed by atoms with E-state index in [1.54, 1.807) is 0 Å². The molecule has 26 heavy (non-hydrogen) atoms. The molecule has 0 fully saturated rings. The molecule has 2 aromatic rings. The van der Waals surface area contributed by atoms with Gasteiger partial charge in [-0.1, -0.05) is 55.2 Å². The summed E-state index contributed by atoms with van der Waals surface area (Å²) in [7, 11) is 0. The van der Waals surface area contributed by atoms with Gasteiger partial charge >= 0.3 is 0 Å². The van der Waals surface area contributed by atoms with E-state index in [4.69, 9.17) is 27.9 Å². The molecule has 0 amide bonds. The van der Waals surface area contributed by atoms with Crippen molar-refractivity contribution in [1.29, 1.82) is 0 Å². The second-order valence-electron chi connectivity index (χ2n) is 6.52. The Kier molecular flexibility index (Phi) is 6.82. The fraction of sp³-hybridized carbons (Fsp3) is 0.429. The highest BCUT2D eigenvalue weighted by molar-refractivity contribution is 6.42. The number of halogens is 2. The maximum absolute atomic E-state index is 6.45. The van der Waals surface area contributed by atoms with E-state index >= 15 is 0 Å². The van der Waals surface area contributed by atoms with Crippen molar-refractivity contribution < 1.29 is 4.74 Å². The van der Waals surface area contributed by atoms with Crippen LogP contribution in [0.5, 0.6) is 5.75 Å². The van der Waals surface area contributed by atoms with Gasteiger partial charge in [-0.05, 0) is 54.4 Å². The standard InChI is InChI=1S/C21H26Cl2N2O/c1-3-25(4-2)12-13-26-16-8-9-17-15(14-16)10-11-24-21(17)18-6-5-7-19(22)20(18)23/h5-9,14,21,24H,3-4,10-13H2,1-2H3. The summed E-state index contributed by atoms with van der Waals surface area (Å²) in [6.07, 6.45) is 0.983. The van der Waals surface area contributed by atoms with E-state index in [9.17, 15) is 0 Å². The maximum atomic E-state index is 6.45. The van der Waals surface area contributed by atoms with Crippen LogP contribution < -0.4 is 10.1 Å². The van der Waals surface area contributed by atoms with Gasteiger partial charge in [-0.3, -0.25) is 0 Å². The normalized spacial score (nSPS) is 16.6. The Morgan fingerprint density at radius 3 is 2.69 bits per heavy atom. The number of nitrogens with one attached hydrogen (secondary N) is 1. The van der Waals surface area contributed by atoms with Crippen LogP contribution in [-0.4, -0.2) is 37.7 Å². The predicted molar refractivity (Wildman–Crippen MR) is 110 cm³/mol. The van der Waals surface area contributed by atoms with E-state index in [-0.39, 0.29) is 6.04 Å². The van der Waals surface area contributed by atoms with Crippen LogP contribution in [0, 0.1) is 0 Å². The zero-order valence-corrected chi connectivity index (χ0v) is 16.9. The Morgan fingerprint density at radius 1 is 1.12 bits per heavy atom. The van der Waals surface area contributed by atoms with Gasteiger partial charge < -0.3 is 15.0 Å². The highest BCUT2D eigenvalue weighted by atomic mass is 35.5. The molecule has 3 rings (SSSR count). The quantitative estimate of drug-likeness (QED) is 0.721. The van der Waals surface area contributed by atoms with Crippen molar-refractivity contribution in [3.05, 3.63) is 63.1 Å². The Hall–Kier alpha value is -1.26. The number of likely N-dealkylation sites (N-methyl/N-ethyl adjacent to an activating group) is 1. The number of fused-ring (bicyclic) bond motifs is 1. The Balaban J connectivity index is 1.76. The average molecular weight is 393 g/mol. The third-order valence-electron chi connectivity index (χ3n) is 5.03. The Morgan fingerprint density at radius 2 is 1.92 bits per heavy atom. The molecule has 0 saturated carbocycles. The lowest BCUT2D eigenvalue weighted by Gasteiger charge is -2.28. The van der Waals surface area contributed by atoms with Crippen molar-refractivity contribution in [2.45, 2.75) is 26.3 Å². The number of rotatable bonds is 7. The number of nitrogens with zero attached hydrogens (tertiary/aromatic N) is 1. The molecule has 1 heterocycles. The topological polar surface area (TPSA) is 24.5 Å². The Bertz CT molecular complexity index is 747. The molecule has 1 unspecified atom stereocenters. The molecule has 0 radical (unpaired) electrons. The van der Waals surface area contributed by atoms with Gasteiger partial charge in [0.2, 0.25) is 0 Å². The van der Waals surface area contributed by atoms with E-state index < -0.39 is 0 Å². The van der Waals surface area contributed by atoms with Crippen molar-refractivity contribution in [3.8, 4) is 5.75 Å². The van der Waals surface area contributed by atoms with Crippen LogP contribution in [0.3, 0.4) is 0 Å². The summed E-state index contributed by atoms with van der Waals surface area (Å²) in [6.45, 7) is 9.03. The summed E-state index contributed by atoms with van der Waals surface area (Å²) in [5, 5.41) is 4.78. The third-order valence-corrected chi connectivity index (χ3v) is 5.86. The van der Waals surface area contributed by atoms with Crippen LogP contribution in [-0.2, 0) is 6.42 Å². The van der Waals surface area contributed by atoms with E-state index in [1.807, 2.05) is 18.2 Å². The molecule has 3 nitrogen and oxygen atoms in total. The second-order valence-corrected chi connectivity index (χ2v) is 7.30. The fourth-order valence-corrected chi connectivity index (χ4v) is 3.90. The molecule has 140 valence electrons. The van der Waals surface area contributed by atoms with Gasteiger partial charge in [0.15, 0.2) is 0 Å². The fourth-order valence-electron chi connectivity index (χ4n) is 3.48. The molecule has 2 aromatic carbocycles. The molecular weight excluding hydrogens is 367 g/mol. The molecule has 5 heteroatoms. The summed E-state index contributed by atoms with van der Waals surface area (Å²) in [5.41, 5.74) is 3.58. The molecule has 0 aliphatic carbocycles. The summed E-state index contributed by atoms with van der Waals surface area (Å²) < 4.78 is 5.98. The predicted octanol–water partition coefficient (Wildman–Crippen LogP) is 4.95. The van der Waals surface area contributed by atoms with Crippen LogP contribution in [0.4, 0.5) is 0 Å². The number of hydrogen-bond donors (Lipinski definition) is 1. The monoisotopic (exact) mass is 392 g/mol. The van der Waals surface area contributed by atoms with Gasteiger partial charge in [-0.15, -0.1) is 0 Å². The SMILES string of the molecule is CCN(CC)CCOc1ccc2c(c1)CCNC2c1cccc(Cl)c1Cl. The summed E-state index contributed by atoms with van der Waals surface area (Å²) in [4.78, 5) is 2.36. The van der Waals surface area contributed by atoms with Crippen molar-refractivity contribution in [1.82, 2.24) is 10.2 Å². The summed E-state index contributed by atoms with van der Waals surface area (Å²) in [5.74, 6) is 0.939. The summed E-state index contributed by atoms with van der Waals surface area (Å²) in [6, 6.07) is 12.2. The zero-order valence-electron chi connectivity index (χ0n) is 15.4. The van der Waals surface area contributed by atoms with Gasteiger partial charge in [0.05, 0.1) is 16.1 Å². The van der Waals surface area contributed by atoms with Crippen molar-refractivity contribution in [2.24, 2.45) is 0 Å². The Labute approximate surface area is 166 Å². The van der Waals surface area contributed by atoms with Crippen LogP contribution in [0.1, 0.15) is 36.6 Å². The van der Waals surface area contributed by atoms with E-state index in [0.717, 1.165) is 43.9 Å². The first kappa shape index (κ1) is 19.5. The van der Waals surface area contributed by atoms with E-state index in [0.29, 0.717) is 16.7 Å². The van der Waals surface area contributed by atoms with Gasteiger partial charge in [-0.2, -0.15) is 0 Å². The third kappa shape index (κ3) is 4.34. The lowest BCUT2D eigenvalue weighted by molar-refractivity contribution is 0.222. The average Bonchev–Trinajstić information content (AvgIpc) is 2.67. The maximum Gasteiger partial charge on any atom is 0.119 e. The largest absolute Gasteiger partial charge is 0.492 e. The molecule has 0 bridgehead atoms. The van der Waals surface area contributed by atoms with Crippen LogP contribution in [0.15, 0.2) is 36.4 Å². The van der Waals surface area contributed by atoms with Gasteiger partial charge in [0.25, 0.3) is 0 Å². The highest BCUT2D eigenvalue weighted by Gasteiger charge is 2.24. The van der Waals surface area contributed by atoms with Gasteiger partial charge in [-0.25, -0.2) is 0 Å². The van der Waals surface area contributed by atoms with Crippen molar-refractivity contribution in [3.63, 3.8) is 0 Å². The first-order chi connectivity index (χ1) is 12.6. The van der Waals surface area contributed by atoms with Crippen LogP contribution >= 0.6 is 23.2 Å². The number of hydrogen-bond acceptors (Lipinski definition) is 3. The summed E-state index contributed by atoms with van der Waals surface area (Å²) >= 11 is 12.7. The highest BCUT2D eigenvalue weighted by Crippen LogP contribution is 2.37. The lowest BCUT2D eigenvalue weighted by atomic mass is 9.89. The molecule has 1 aliphatic heterocycles. The first-order valence-corrected chi connectivity index (χ1v) is 10.0. The van der Waals surface area contributed by atoms with Crippen LogP contribution in [0.25, 0.3) is 0 Å². The second kappa shape index (κ2) is 9.09. The number of benzene rings is 2. The number of ether oxygens (including phenoxy) is 1. The molecule has 0 aromatic heterocycles. The van der Waals surface area contributed by atoms with Crippen molar-refractivity contribution in [2.75, 3.05) is 32.8 Å². The molecule has 0 spiro atoms. The molecular formula is C21H26Cl2N2O. The van der Waals surface area contributed by atoms with Crippen molar-refractivity contribution >= 4 is 23.2 Å². The van der Waals surface area contributed by atoms with Gasteiger partial charge in [0, 0.05) is 13.1 Å². The molecule has 1 aliphatic rings. The van der Waals surface area contributed by atoms with Crippen LogP contribution in [0.2, 0.25) is 10.0 Å². The van der Waals surface area contributed by atoms with E-state index in [2.05, 4.69) is 42.3 Å². The molecule has 1 N–H and O–H groups in total. The van der Waals surface area contributed by atoms with E-state index in [1.165, 1.54) is 11.1 Å².